The molecule has 0 aliphatic carbocycles. The summed E-state index contributed by atoms with van der Waals surface area (Å²) in [5.41, 5.74) is 8.35. The van der Waals surface area contributed by atoms with Crippen molar-refractivity contribution in [1.82, 2.24) is 24.3 Å². The van der Waals surface area contributed by atoms with E-state index in [-0.39, 0.29) is 0 Å². The van der Waals surface area contributed by atoms with E-state index in [0.29, 0.717) is 18.3 Å². The summed E-state index contributed by atoms with van der Waals surface area (Å²) in [6.45, 7) is 4.88. The molecule has 0 radical (unpaired) electrons. The van der Waals surface area contributed by atoms with Gasteiger partial charge < -0.3 is 10.3 Å². The van der Waals surface area contributed by atoms with Gasteiger partial charge in [-0.1, -0.05) is 0 Å². The van der Waals surface area contributed by atoms with Crippen LogP contribution in [0.1, 0.15) is 25.7 Å². The highest BCUT2D eigenvalue weighted by atomic mass is 15.3. The monoisotopic (exact) mass is 256 g/mol. The van der Waals surface area contributed by atoms with Crippen molar-refractivity contribution in [3.05, 3.63) is 36.7 Å². The number of rotatable bonds is 3. The normalized spacial score (nSPS) is 11.5. The molecule has 19 heavy (non-hydrogen) atoms. The maximum atomic E-state index is 5.68. The Bertz CT molecular complexity index is 709. The van der Waals surface area contributed by atoms with Crippen molar-refractivity contribution in [3.63, 3.8) is 0 Å². The summed E-state index contributed by atoms with van der Waals surface area (Å²) < 4.78 is 4.00. The number of nitrogens with zero attached hydrogens (tertiary/aromatic N) is 5. The number of nitrogen functional groups attached to an aromatic ring is 1. The van der Waals surface area contributed by atoms with Crippen LogP contribution in [0.4, 0.5) is 5.69 Å². The Morgan fingerprint density at radius 2 is 2.16 bits per heavy atom. The number of aromatic nitrogens is 5. The first kappa shape index (κ1) is 11.7. The molecule has 0 bridgehead atoms. The Hall–Kier alpha value is -2.37. The molecular formula is C13H16N6. The zero-order chi connectivity index (χ0) is 13.4. The van der Waals surface area contributed by atoms with Crippen molar-refractivity contribution < 1.29 is 0 Å². The van der Waals surface area contributed by atoms with Crippen LogP contribution in [0.25, 0.3) is 11.0 Å². The standard InChI is InChI=1S/C13H16N6/c1-9(2)19-12-3-4-15-6-11(12)17-13(19)8-18-7-10(14)5-16-18/h3-7,9H,8,14H2,1-2H3. The van der Waals surface area contributed by atoms with Crippen LogP contribution in [0.3, 0.4) is 0 Å². The van der Waals surface area contributed by atoms with E-state index in [9.17, 15) is 0 Å². The fraction of sp³-hybridized carbons (Fsp3) is 0.308. The lowest BCUT2D eigenvalue weighted by atomic mass is 10.3. The summed E-state index contributed by atoms with van der Waals surface area (Å²) in [5.74, 6) is 0.959. The highest BCUT2D eigenvalue weighted by molar-refractivity contribution is 5.74. The van der Waals surface area contributed by atoms with Crippen molar-refractivity contribution in [3.8, 4) is 0 Å². The largest absolute Gasteiger partial charge is 0.396 e. The number of hydrogen-bond donors (Lipinski definition) is 1. The second-order valence-corrected chi connectivity index (χ2v) is 4.83. The number of fused-ring (bicyclic) bond motifs is 1. The minimum absolute atomic E-state index is 0.329. The van der Waals surface area contributed by atoms with Crippen molar-refractivity contribution in [1.29, 1.82) is 0 Å². The maximum Gasteiger partial charge on any atom is 0.132 e. The average Bonchev–Trinajstić information content (AvgIpc) is 2.92. The van der Waals surface area contributed by atoms with Crippen molar-refractivity contribution in [2.75, 3.05) is 5.73 Å². The molecule has 3 aromatic heterocycles. The third-order valence-electron chi connectivity index (χ3n) is 3.04. The molecule has 0 amide bonds. The zero-order valence-corrected chi connectivity index (χ0v) is 11.0. The molecule has 3 aromatic rings. The Labute approximate surface area is 110 Å². The van der Waals surface area contributed by atoms with E-state index in [1.54, 1.807) is 23.3 Å². The Morgan fingerprint density at radius 1 is 1.32 bits per heavy atom. The third kappa shape index (κ3) is 2.05. The highest BCUT2D eigenvalue weighted by Gasteiger charge is 2.13. The van der Waals surface area contributed by atoms with Crippen LogP contribution in [0.15, 0.2) is 30.9 Å². The molecule has 0 aliphatic rings. The number of hydrogen-bond acceptors (Lipinski definition) is 4. The summed E-state index contributed by atoms with van der Waals surface area (Å²) in [4.78, 5) is 8.76. The summed E-state index contributed by atoms with van der Waals surface area (Å²) in [6.07, 6.45) is 7.03. The van der Waals surface area contributed by atoms with E-state index >= 15 is 0 Å². The lowest BCUT2D eigenvalue weighted by molar-refractivity contribution is 0.551. The Kier molecular flexibility index (Phi) is 2.70. The smallest absolute Gasteiger partial charge is 0.132 e. The summed E-state index contributed by atoms with van der Waals surface area (Å²) in [5, 5.41) is 4.20. The van der Waals surface area contributed by atoms with Gasteiger partial charge in [0, 0.05) is 18.4 Å². The van der Waals surface area contributed by atoms with E-state index in [2.05, 4.69) is 33.5 Å². The van der Waals surface area contributed by atoms with E-state index in [0.717, 1.165) is 16.9 Å². The number of anilines is 1. The molecule has 3 heterocycles. The predicted molar refractivity (Wildman–Crippen MR) is 73.7 cm³/mol. The Morgan fingerprint density at radius 3 is 2.84 bits per heavy atom. The van der Waals surface area contributed by atoms with E-state index in [4.69, 9.17) is 5.73 Å². The molecule has 98 valence electrons. The summed E-state index contributed by atoms with van der Waals surface area (Å²) in [6, 6.07) is 2.32. The molecule has 6 heteroatoms. The molecular weight excluding hydrogens is 240 g/mol. The van der Waals surface area contributed by atoms with E-state index in [1.165, 1.54) is 0 Å². The molecule has 0 saturated carbocycles. The molecule has 3 rings (SSSR count). The summed E-state index contributed by atoms with van der Waals surface area (Å²) >= 11 is 0. The molecule has 0 aromatic carbocycles. The molecule has 0 saturated heterocycles. The second kappa shape index (κ2) is 4.38. The lowest BCUT2D eigenvalue weighted by Crippen LogP contribution is -2.11. The molecule has 6 nitrogen and oxygen atoms in total. The van der Waals surface area contributed by atoms with Gasteiger partial charge in [-0.3, -0.25) is 9.67 Å². The molecule has 0 spiro atoms. The van der Waals surface area contributed by atoms with Crippen LogP contribution < -0.4 is 5.73 Å². The van der Waals surface area contributed by atoms with Crippen molar-refractivity contribution in [2.24, 2.45) is 0 Å². The molecule has 0 aliphatic heterocycles. The van der Waals surface area contributed by atoms with Crippen LogP contribution in [-0.4, -0.2) is 24.3 Å². The first-order valence-electron chi connectivity index (χ1n) is 6.24. The fourth-order valence-corrected chi connectivity index (χ4v) is 2.30. The summed E-state index contributed by atoms with van der Waals surface area (Å²) in [7, 11) is 0. The quantitative estimate of drug-likeness (QED) is 0.776. The minimum Gasteiger partial charge on any atom is -0.396 e. The maximum absolute atomic E-state index is 5.68. The number of pyridine rings is 1. The topological polar surface area (TPSA) is 74.5 Å². The van der Waals surface area contributed by atoms with Crippen LogP contribution in [0.5, 0.6) is 0 Å². The minimum atomic E-state index is 0.329. The first-order chi connectivity index (χ1) is 9.15. The van der Waals surface area contributed by atoms with Crippen LogP contribution in [0, 0.1) is 0 Å². The van der Waals surface area contributed by atoms with Crippen molar-refractivity contribution >= 4 is 16.7 Å². The second-order valence-electron chi connectivity index (χ2n) is 4.83. The van der Waals surface area contributed by atoms with Gasteiger partial charge in [0.2, 0.25) is 0 Å². The Balaban J connectivity index is 2.09. The fourth-order valence-electron chi connectivity index (χ4n) is 2.30. The third-order valence-corrected chi connectivity index (χ3v) is 3.04. The molecule has 0 unspecified atom stereocenters. The average molecular weight is 256 g/mol. The highest BCUT2D eigenvalue weighted by Crippen LogP contribution is 2.20. The first-order valence-corrected chi connectivity index (χ1v) is 6.24. The van der Waals surface area contributed by atoms with Crippen molar-refractivity contribution in [2.45, 2.75) is 26.4 Å². The molecule has 2 N–H and O–H groups in total. The molecule has 0 atom stereocenters. The van der Waals surface area contributed by atoms with E-state index in [1.807, 2.05) is 12.3 Å². The van der Waals surface area contributed by atoms with Gasteiger partial charge in [-0.15, -0.1) is 0 Å². The van der Waals surface area contributed by atoms with Gasteiger partial charge in [-0.05, 0) is 19.9 Å². The van der Waals surface area contributed by atoms with Crippen LogP contribution >= 0.6 is 0 Å². The van der Waals surface area contributed by atoms with Gasteiger partial charge in [0.15, 0.2) is 0 Å². The van der Waals surface area contributed by atoms with Gasteiger partial charge in [0.05, 0.1) is 30.1 Å². The van der Waals surface area contributed by atoms with E-state index < -0.39 is 0 Å². The number of imidazole rings is 1. The van der Waals surface area contributed by atoms with Crippen LogP contribution in [-0.2, 0) is 6.54 Å². The van der Waals surface area contributed by atoms with Gasteiger partial charge in [-0.25, -0.2) is 4.98 Å². The lowest BCUT2D eigenvalue weighted by Gasteiger charge is -2.12. The number of nitrogens with two attached hydrogens (primary N) is 1. The van der Waals surface area contributed by atoms with Gasteiger partial charge in [-0.2, -0.15) is 5.10 Å². The van der Waals surface area contributed by atoms with Crippen LogP contribution in [0.2, 0.25) is 0 Å². The SMILES string of the molecule is CC(C)n1c(Cn2cc(N)cn2)nc2cnccc21. The predicted octanol–water partition coefficient (Wildman–Crippen LogP) is 1.84. The van der Waals surface area contributed by atoms with Gasteiger partial charge >= 0.3 is 0 Å². The van der Waals surface area contributed by atoms with Gasteiger partial charge in [0.1, 0.15) is 11.3 Å². The van der Waals surface area contributed by atoms with Gasteiger partial charge in [0.25, 0.3) is 0 Å². The molecule has 0 fully saturated rings. The zero-order valence-electron chi connectivity index (χ0n) is 11.0.